The van der Waals surface area contributed by atoms with E-state index in [-0.39, 0.29) is 0 Å². The smallest absolute Gasteiger partial charge is 0.156 e. The zero-order chi connectivity index (χ0) is 16.0. The number of hydrogen-bond acceptors (Lipinski definition) is 0. The van der Waals surface area contributed by atoms with Gasteiger partial charge in [-0.3, -0.25) is 0 Å². The third kappa shape index (κ3) is 1.88. The van der Waals surface area contributed by atoms with Crippen molar-refractivity contribution < 1.29 is 0 Å². The lowest BCUT2D eigenvalue weighted by molar-refractivity contribution is -0.106. The minimum atomic E-state index is 0.630. The Hall–Kier alpha value is 0.545. The zero-order valence-corrected chi connectivity index (χ0v) is 17.0. The minimum absolute atomic E-state index is 0.630. The zero-order valence-electron chi connectivity index (χ0n) is 15.4. The van der Waals surface area contributed by atoms with E-state index in [0.717, 1.165) is 52.7 Å². The van der Waals surface area contributed by atoms with E-state index in [2.05, 4.69) is 57.3 Å². The first-order chi connectivity index (χ1) is 10.2. The monoisotopic (exact) mass is 364 g/mol. The molecule has 124 valence electrons. The quantitative estimate of drug-likeness (QED) is 0.489. The molecule has 0 nitrogen and oxygen atoms in total. The Labute approximate surface area is 146 Å². The molecular formula is C20H34BBr. The Kier molecular flexibility index (Phi) is 3.50. The molecule has 6 fully saturated rings. The van der Waals surface area contributed by atoms with Gasteiger partial charge in [0.2, 0.25) is 5.54 Å². The first-order valence-electron chi connectivity index (χ1n) is 9.79. The Morgan fingerprint density at radius 3 is 1.36 bits per heavy atom. The first-order valence-corrected chi connectivity index (χ1v) is 10.7. The summed E-state index contributed by atoms with van der Waals surface area (Å²) in [6, 6.07) is 0. The van der Waals surface area contributed by atoms with Crippen molar-refractivity contribution in [2.24, 2.45) is 46.3 Å². The van der Waals surface area contributed by atoms with Crippen LogP contribution in [-0.4, -0.2) is 5.54 Å². The summed E-state index contributed by atoms with van der Waals surface area (Å²) in [5.41, 5.74) is 2.04. The van der Waals surface area contributed by atoms with Gasteiger partial charge in [0.05, 0.1) is 0 Å². The Morgan fingerprint density at radius 1 is 0.727 bits per heavy atom. The van der Waals surface area contributed by atoms with Crippen LogP contribution >= 0.6 is 15.8 Å². The van der Waals surface area contributed by atoms with E-state index in [9.17, 15) is 0 Å². The van der Waals surface area contributed by atoms with Gasteiger partial charge in [0.25, 0.3) is 0 Å². The van der Waals surface area contributed by atoms with Gasteiger partial charge < -0.3 is 0 Å². The predicted octanol–water partition coefficient (Wildman–Crippen LogP) is 6.52. The third-order valence-electron chi connectivity index (χ3n) is 9.64. The van der Waals surface area contributed by atoms with Crippen LogP contribution in [-0.2, 0) is 0 Å². The maximum atomic E-state index is 4.25. The summed E-state index contributed by atoms with van der Waals surface area (Å²) < 4.78 is 0. The van der Waals surface area contributed by atoms with E-state index >= 15 is 0 Å². The molecular weight excluding hydrogens is 331 g/mol. The predicted molar refractivity (Wildman–Crippen MR) is 100 cm³/mol. The highest BCUT2D eigenvalue weighted by Gasteiger charge is 2.62. The molecule has 0 aromatic heterocycles. The Morgan fingerprint density at radius 2 is 1.09 bits per heavy atom. The van der Waals surface area contributed by atoms with Crippen molar-refractivity contribution in [1.29, 1.82) is 0 Å². The summed E-state index contributed by atoms with van der Waals surface area (Å²) in [4.78, 5) is 0. The van der Waals surface area contributed by atoms with Crippen LogP contribution in [0.2, 0.25) is 11.6 Å². The molecule has 0 aliphatic heterocycles. The molecule has 0 aromatic carbocycles. The summed E-state index contributed by atoms with van der Waals surface area (Å²) in [6.45, 7) is 15.3. The van der Waals surface area contributed by atoms with Crippen LogP contribution in [0.15, 0.2) is 0 Å². The van der Waals surface area contributed by atoms with Crippen LogP contribution in [0.25, 0.3) is 0 Å². The maximum Gasteiger partial charge on any atom is 0.229 e. The van der Waals surface area contributed by atoms with Crippen molar-refractivity contribution in [1.82, 2.24) is 0 Å². The van der Waals surface area contributed by atoms with Crippen LogP contribution < -0.4 is 0 Å². The SMILES string of the molecule is C[C@@H]1[C@H]2C[C@@H](C[C@H]1B(Br)[C@H]1C[C@H]3C[C@@H]([C@@H]1C)C3(C)C)C2(C)C. The van der Waals surface area contributed by atoms with E-state index in [1.165, 1.54) is 25.7 Å². The average Bonchev–Trinajstić information content (AvgIpc) is 2.45. The molecule has 0 heterocycles. The molecule has 2 heteroatoms. The van der Waals surface area contributed by atoms with Crippen LogP contribution in [0.4, 0.5) is 0 Å². The second kappa shape index (κ2) is 4.80. The minimum Gasteiger partial charge on any atom is -0.156 e. The fourth-order valence-electron chi connectivity index (χ4n) is 7.54. The van der Waals surface area contributed by atoms with Gasteiger partial charge in [0, 0.05) is 0 Å². The van der Waals surface area contributed by atoms with Crippen molar-refractivity contribution in [2.75, 3.05) is 0 Å². The fourth-order valence-corrected chi connectivity index (χ4v) is 8.93. The number of rotatable bonds is 2. The molecule has 22 heavy (non-hydrogen) atoms. The Balaban J connectivity index is 1.49. The van der Waals surface area contributed by atoms with E-state index < -0.39 is 0 Å². The van der Waals surface area contributed by atoms with Crippen LogP contribution in [0.5, 0.6) is 0 Å². The van der Waals surface area contributed by atoms with Gasteiger partial charge in [-0.05, 0) is 70.8 Å². The standard InChI is InChI=1S/C20H34BBr/c1-11-15-7-13(19(15,3)4)9-17(11)21(22)18-10-14-8-16(12(18)2)20(14,5)6/h11-18H,7-10H2,1-6H3/t11-,12+,13+,14-,15-,16+,17-,18+. The number of fused-ring (bicyclic) bond motifs is 4. The average molecular weight is 365 g/mol. The number of halogens is 1. The van der Waals surface area contributed by atoms with Crippen molar-refractivity contribution in [3.63, 3.8) is 0 Å². The van der Waals surface area contributed by atoms with E-state index in [1.807, 2.05) is 0 Å². The molecule has 0 spiro atoms. The van der Waals surface area contributed by atoms with Gasteiger partial charge in [-0.25, -0.2) is 0 Å². The second-order valence-electron chi connectivity index (χ2n) is 10.7. The van der Waals surface area contributed by atoms with E-state index in [4.69, 9.17) is 0 Å². The van der Waals surface area contributed by atoms with Crippen molar-refractivity contribution in [3.05, 3.63) is 0 Å². The van der Waals surface area contributed by atoms with Crippen LogP contribution in [0.1, 0.15) is 67.2 Å². The van der Waals surface area contributed by atoms with Crippen molar-refractivity contribution in [3.8, 4) is 0 Å². The van der Waals surface area contributed by atoms with Gasteiger partial charge in [0.1, 0.15) is 0 Å². The van der Waals surface area contributed by atoms with Crippen LogP contribution in [0.3, 0.4) is 0 Å². The van der Waals surface area contributed by atoms with Crippen molar-refractivity contribution in [2.45, 2.75) is 78.9 Å². The highest BCUT2D eigenvalue weighted by atomic mass is 79.9. The third-order valence-corrected chi connectivity index (χ3v) is 11.0. The molecule has 8 atom stereocenters. The fraction of sp³-hybridized carbons (Fsp3) is 1.00. The summed E-state index contributed by atoms with van der Waals surface area (Å²) in [7, 11) is 0. The summed E-state index contributed by atoms with van der Waals surface area (Å²) >= 11 is 4.25. The summed E-state index contributed by atoms with van der Waals surface area (Å²) in [5, 5.41) is 0. The molecule has 0 unspecified atom stereocenters. The molecule has 6 saturated carbocycles. The lowest BCUT2D eigenvalue weighted by Crippen LogP contribution is -2.58. The lowest BCUT2D eigenvalue weighted by atomic mass is 9.30. The lowest BCUT2D eigenvalue weighted by Gasteiger charge is -2.65. The van der Waals surface area contributed by atoms with Gasteiger partial charge in [-0.2, -0.15) is 15.8 Å². The summed E-state index contributed by atoms with van der Waals surface area (Å²) in [5.74, 6) is 7.69. The summed E-state index contributed by atoms with van der Waals surface area (Å²) in [6.07, 6.45) is 6.01. The van der Waals surface area contributed by atoms with Gasteiger partial charge in [-0.15, -0.1) is 0 Å². The van der Waals surface area contributed by atoms with E-state index in [0.29, 0.717) is 10.8 Å². The Bertz CT molecular complexity index is 428. The molecule has 0 radical (unpaired) electrons. The highest BCUT2D eigenvalue weighted by Crippen LogP contribution is 2.69. The second-order valence-corrected chi connectivity index (χ2v) is 11.7. The van der Waals surface area contributed by atoms with Gasteiger partial charge in [-0.1, -0.05) is 54.4 Å². The van der Waals surface area contributed by atoms with Crippen molar-refractivity contribution >= 4 is 21.3 Å². The molecule has 4 bridgehead atoms. The van der Waals surface area contributed by atoms with E-state index in [1.54, 1.807) is 0 Å². The molecule has 6 aliphatic rings. The first kappa shape index (κ1) is 16.0. The normalized spacial score (nSPS) is 54.1. The molecule has 0 aromatic rings. The van der Waals surface area contributed by atoms with Gasteiger partial charge in [0.15, 0.2) is 0 Å². The highest BCUT2D eigenvalue weighted by molar-refractivity contribution is 9.24. The molecule has 0 amide bonds. The molecule has 0 saturated heterocycles. The number of hydrogen-bond donors (Lipinski definition) is 0. The maximum absolute atomic E-state index is 4.25. The van der Waals surface area contributed by atoms with Gasteiger partial charge >= 0.3 is 0 Å². The molecule has 0 N–H and O–H groups in total. The largest absolute Gasteiger partial charge is 0.229 e. The van der Waals surface area contributed by atoms with Crippen LogP contribution in [0, 0.1) is 46.3 Å². The molecule has 6 aliphatic carbocycles. The molecule has 6 rings (SSSR count). The topological polar surface area (TPSA) is 0 Å².